The van der Waals surface area contributed by atoms with Crippen LogP contribution in [0.2, 0.25) is 0 Å². The van der Waals surface area contributed by atoms with Crippen LogP contribution in [0, 0.1) is 18.8 Å². The van der Waals surface area contributed by atoms with Gasteiger partial charge < -0.3 is 15.3 Å². The van der Waals surface area contributed by atoms with E-state index >= 15 is 0 Å². The van der Waals surface area contributed by atoms with Gasteiger partial charge in [-0.25, -0.2) is 0 Å². The average Bonchev–Trinajstić information content (AvgIpc) is 3.02. The Kier molecular flexibility index (Phi) is 5.59. The number of aryl methyl sites for hydroxylation is 1. The van der Waals surface area contributed by atoms with Gasteiger partial charge in [0.1, 0.15) is 6.04 Å². The van der Waals surface area contributed by atoms with Crippen molar-refractivity contribution in [1.29, 1.82) is 0 Å². The largest absolute Gasteiger partial charge is 0.481 e. The molecule has 1 aliphatic heterocycles. The molecular weight excluding hydrogens is 308 g/mol. The fraction of sp³-hybridized carbons (Fsp3) is 0.500. The molecular formula is C18H24N2O4. The van der Waals surface area contributed by atoms with Crippen LogP contribution in [-0.2, 0) is 9.59 Å². The van der Waals surface area contributed by atoms with Crippen LogP contribution in [0.1, 0.15) is 36.2 Å². The molecule has 2 amide bonds. The van der Waals surface area contributed by atoms with Crippen molar-refractivity contribution in [2.24, 2.45) is 11.8 Å². The number of aliphatic carboxylic acids is 1. The Morgan fingerprint density at radius 1 is 1.25 bits per heavy atom. The SMILES string of the molecule is Cc1ccccc1C(=O)NC(C(=O)N1CCC(C(=O)O)C1)C(C)C. The van der Waals surface area contributed by atoms with Crippen LogP contribution in [0.25, 0.3) is 0 Å². The van der Waals surface area contributed by atoms with Crippen LogP contribution in [-0.4, -0.2) is 46.9 Å². The van der Waals surface area contributed by atoms with E-state index in [-0.39, 0.29) is 24.3 Å². The molecule has 0 spiro atoms. The van der Waals surface area contributed by atoms with Crippen molar-refractivity contribution in [3.8, 4) is 0 Å². The molecule has 1 saturated heterocycles. The van der Waals surface area contributed by atoms with Crippen molar-refractivity contribution in [1.82, 2.24) is 10.2 Å². The minimum absolute atomic E-state index is 0.0886. The molecule has 2 N–H and O–H groups in total. The summed E-state index contributed by atoms with van der Waals surface area (Å²) < 4.78 is 0. The number of nitrogens with zero attached hydrogens (tertiary/aromatic N) is 1. The minimum Gasteiger partial charge on any atom is -0.481 e. The van der Waals surface area contributed by atoms with Gasteiger partial charge in [0.05, 0.1) is 5.92 Å². The summed E-state index contributed by atoms with van der Waals surface area (Å²) in [5, 5.41) is 11.9. The molecule has 0 aliphatic carbocycles. The summed E-state index contributed by atoms with van der Waals surface area (Å²) in [6, 6.07) is 6.55. The normalized spacial score (nSPS) is 18.5. The molecule has 1 aromatic carbocycles. The van der Waals surface area contributed by atoms with Gasteiger partial charge >= 0.3 is 5.97 Å². The molecule has 24 heavy (non-hydrogen) atoms. The lowest BCUT2D eigenvalue weighted by atomic mass is 10.0. The van der Waals surface area contributed by atoms with Gasteiger partial charge in [0.25, 0.3) is 5.91 Å². The van der Waals surface area contributed by atoms with Gasteiger partial charge in [0.2, 0.25) is 5.91 Å². The topological polar surface area (TPSA) is 86.7 Å². The van der Waals surface area contributed by atoms with E-state index in [1.807, 2.05) is 32.9 Å². The molecule has 1 aliphatic rings. The van der Waals surface area contributed by atoms with Gasteiger partial charge in [-0.3, -0.25) is 14.4 Å². The molecule has 0 radical (unpaired) electrons. The fourth-order valence-corrected chi connectivity index (χ4v) is 2.92. The van der Waals surface area contributed by atoms with E-state index in [1.54, 1.807) is 17.0 Å². The summed E-state index contributed by atoms with van der Waals surface area (Å²) in [5.74, 6) is -1.98. The predicted octanol–water partition coefficient (Wildman–Crippen LogP) is 1.68. The van der Waals surface area contributed by atoms with Crippen molar-refractivity contribution in [2.75, 3.05) is 13.1 Å². The Hall–Kier alpha value is -2.37. The standard InChI is InChI=1S/C18H24N2O4/c1-11(2)15(17(22)20-9-8-13(10-20)18(23)24)19-16(21)14-7-5-4-6-12(14)3/h4-7,11,13,15H,8-10H2,1-3H3,(H,19,21)(H,23,24). The lowest BCUT2D eigenvalue weighted by Crippen LogP contribution is -2.50. The highest BCUT2D eigenvalue weighted by Gasteiger charge is 2.35. The Morgan fingerprint density at radius 3 is 2.46 bits per heavy atom. The highest BCUT2D eigenvalue weighted by atomic mass is 16.4. The first kappa shape index (κ1) is 18.0. The van der Waals surface area contributed by atoms with Crippen molar-refractivity contribution in [3.63, 3.8) is 0 Å². The van der Waals surface area contributed by atoms with Gasteiger partial charge in [0, 0.05) is 18.7 Å². The highest BCUT2D eigenvalue weighted by molar-refractivity contribution is 5.98. The van der Waals surface area contributed by atoms with Crippen molar-refractivity contribution < 1.29 is 19.5 Å². The number of benzene rings is 1. The number of carboxylic acids is 1. The van der Waals surface area contributed by atoms with Gasteiger partial charge in [-0.2, -0.15) is 0 Å². The molecule has 2 atom stereocenters. The number of hydrogen-bond donors (Lipinski definition) is 2. The second kappa shape index (κ2) is 7.47. The summed E-state index contributed by atoms with van der Waals surface area (Å²) in [4.78, 5) is 37.8. The summed E-state index contributed by atoms with van der Waals surface area (Å²) in [7, 11) is 0. The third-order valence-electron chi connectivity index (χ3n) is 4.46. The van der Waals surface area contributed by atoms with Crippen LogP contribution < -0.4 is 5.32 Å². The number of amides is 2. The first-order valence-corrected chi connectivity index (χ1v) is 8.19. The lowest BCUT2D eigenvalue weighted by Gasteiger charge is -2.27. The average molecular weight is 332 g/mol. The Balaban J connectivity index is 2.10. The van der Waals surface area contributed by atoms with Crippen LogP contribution >= 0.6 is 0 Å². The number of carboxylic acid groups (broad SMARTS) is 1. The van der Waals surface area contributed by atoms with E-state index < -0.39 is 17.9 Å². The highest BCUT2D eigenvalue weighted by Crippen LogP contribution is 2.19. The first-order valence-electron chi connectivity index (χ1n) is 8.19. The first-order chi connectivity index (χ1) is 11.3. The zero-order valence-electron chi connectivity index (χ0n) is 14.3. The van der Waals surface area contributed by atoms with Crippen molar-refractivity contribution >= 4 is 17.8 Å². The molecule has 130 valence electrons. The molecule has 2 unspecified atom stereocenters. The second-order valence-electron chi connectivity index (χ2n) is 6.62. The third-order valence-corrected chi connectivity index (χ3v) is 4.46. The molecule has 6 heteroatoms. The lowest BCUT2D eigenvalue weighted by molar-refractivity contribution is -0.141. The van der Waals surface area contributed by atoms with Gasteiger partial charge in [-0.15, -0.1) is 0 Å². The van der Waals surface area contributed by atoms with Crippen LogP contribution in [0.4, 0.5) is 0 Å². The van der Waals surface area contributed by atoms with E-state index in [4.69, 9.17) is 5.11 Å². The maximum Gasteiger partial charge on any atom is 0.308 e. The van der Waals surface area contributed by atoms with Gasteiger partial charge in [0.15, 0.2) is 0 Å². The van der Waals surface area contributed by atoms with E-state index in [0.717, 1.165) is 5.56 Å². The fourth-order valence-electron chi connectivity index (χ4n) is 2.92. The third kappa shape index (κ3) is 3.93. The maximum atomic E-state index is 12.7. The number of rotatable bonds is 5. The summed E-state index contributed by atoms with van der Waals surface area (Å²) in [5.41, 5.74) is 1.39. The second-order valence-corrected chi connectivity index (χ2v) is 6.62. The van der Waals surface area contributed by atoms with Crippen LogP contribution in [0.3, 0.4) is 0 Å². The molecule has 0 bridgehead atoms. The Bertz CT molecular complexity index is 642. The molecule has 0 saturated carbocycles. The van der Waals surface area contributed by atoms with E-state index in [1.165, 1.54) is 0 Å². The Labute approximate surface area is 141 Å². The summed E-state index contributed by atoms with van der Waals surface area (Å²) in [6.45, 7) is 6.20. The minimum atomic E-state index is -0.879. The molecule has 1 heterocycles. The van der Waals surface area contributed by atoms with Gasteiger partial charge in [-0.1, -0.05) is 32.0 Å². The maximum absolute atomic E-state index is 12.7. The zero-order valence-corrected chi connectivity index (χ0v) is 14.3. The van der Waals surface area contributed by atoms with Crippen molar-refractivity contribution in [3.05, 3.63) is 35.4 Å². The molecule has 1 fully saturated rings. The van der Waals surface area contributed by atoms with Crippen LogP contribution in [0.15, 0.2) is 24.3 Å². The number of hydrogen-bond acceptors (Lipinski definition) is 3. The predicted molar refractivity (Wildman–Crippen MR) is 89.6 cm³/mol. The number of carbonyl (C=O) groups is 3. The number of carbonyl (C=O) groups excluding carboxylic acids is 2. The molecule has 1 aromatic rings. The summed E-state index contributed by atoms with van der Waals surface area (Å²) >= 11 is 0. The van der Waals surface area contributed by atoms with Crippen molar-refractivity contribution in [2.45, 2.75) is 33.2 Å². The summed E-state index contributed by atoms with van der Waals surface area (Å²) in [6.07, 6.45) is 0.456. The zero-order chi connectivity index (χ0) is 17.9. The Morgan fingerprint density at radius 2 is 1.92 bits per heavy atom. The quantitative estimate of drug-likeness (QED) is 0.859. The van der Waals surface area contributed by atoms with E-state index in [0.29, 0.717) is 18.5 Å². The molecule has 6 nitrogen and oxygen atoms in total. The molecule has 0 aromatic heterocycles. The smallest absolute Gasteiger partial charge is 0.308 e. The van der Waals surface area contributed by atoms with E-state index in [9.17, 15) is 14.4 Å². The number of likely N-dealkylation sites (tertiary alicyclic amines) is 1. The molecule has 2 rings (SSSR count). The van der Waals surface area contributed by atoms with Crippen LogP contribution in [0.5, 0.6) is 0 Å². The van der Waals surface area contributed by atoms with Gasteiger partial charge in [-0.05, 0) is 30.9 Å². The number of nitrogens with one attached hydrogen (secondary N) is 1. The van der Waals surface area contributed by atoms with E-state index in [2.05, 4.69) is 5.32 Å². The monoisotopic (exact) mass is 332 g/mol.